The summed E-state index contributed by atoms with van der Waals surface area (Å²) in [5, 5.41) is 10.6. The molecule has 0 heterocycles. The van der Waals surface area contributed by atoms with Crippen LogP contribution in [0.5, 0.6) is 0 Å². The Bertz CT molecular complexity index is 369. The molecular formula is C36H73O. The highest BCUT2D eigenvalue weighted by Crippen LogP contribution is 2.27. The van der Waals surface area contributed by atoms with E-state index in [1.54, 1.807) is 5.92 Å². The first-order valence-electron chi connectivity index (χ1n) is 17.6. The first kappa shape index (κ1) is 37.0. The predicted octanol–water partition coefficient (Wildman–Crippen LogP) is 12.9. The fourth-order valence-electron chi connectivity index (χ4n) is 5.98. The Morgan fingerprint density at radius 3 is 1.22 bits per heavy atom. The minimum Gasteiger partial charge on any atom is -0.393 e. The summed E-state index contributed by atoms with van der Waals surface area (Å²) in [6.45, 7) is 9.28. The predicted molar refractivity (Wildman–Crippen MR) is 169 cm³/mol. The van der Waals surface area contributed by atoms with Crippen molar-refractivity contribution in [2.24, 2.45) is 5.92 Å². The highest BCUT2D eigenvalue weighted by Gasteiger charge is 2.16. The van der Waals surface area contributed by atoms with Crippen molar-refractivity contribution in [2.75, 3.05) is 0 Å². The second kappa shape index (κ2) is 30.5. The molecule has 0 rings (SSSR count). The van der Waals surface area contributed by atoms with Gasteiger partial charge in [-0.2, -0.15) is 0 Å². The molecule has 1 heteroatoms. The summed E-state index contributed by atoms with van der Waals surface area (Å²) in [7, 11) is 0. The Morgan fingerprint density at radius 1 is 0.486 bits per heavy atom. The topological polar surface area (TPSA) is 20.2 Å². The quantitative estimate of drug-likeness (QED) is 0.0899. The van der Waals surface area contributed by atoms with Gasteiger partial charge >= 0.3 is 0 Å². The first-order valence-corrected chi connectivity index (χ1v) is 17.6. The minimum atomic E-state index is -0.0764. The van der Waals surface area contributed by atoms with E-state index in [1.807, 2.05) is 0 Å². The Morgan fingerprint density at radius 2 is 0.838 bits per heavy atom. The summed E-state index contributed by atoms with van der Waals surface area (Å²) in [6, 6.07) is 0. The molecule has 0 aromatic carbocycles. The summed E-state index contributed by atoms with van der Waals surface area (Å²) >= 11 is 0. The Kier molecular flexibility index (Phi) is 30.5. The molecule has 1 radical (unpaired) electrons. The largest absolute Gasteiger partial charge is 0.393 e. The molecule has 1 nitrogen and oxygen atoms in total. The third kappa shape index (κ3) is 28.8. The lowest BCUT2D eigenvalue weighted by atomic mass is 9.86. The van der Waals surface area contributed by atoms with Gasteiger partial charge in [0.15, 0.2) is 0 Å². The van der Waals surface area contributed by atoms with Gasteiger partial charge in [0.1, 0.15) is 0 Å². The third-order valence-electron chi connectivity index (χ3n) is 8.67. The van der Waals surface area contributed by atoms with Crippen LogP contribution >= 0.6 is 0 Å². The maximum Gasteiger partial charge on any atom is 0.0542 e. The molecule has 0 fully saturated rings. The van der Waals surface area contributed by atoms with Crippen molar-refractivity contribution in [2.45, 2.75) is 220 Å². The lowest BCUT2D eigenvalue weighted by Gasteiger charge is -2.22. The molecule has 0 saturated carbocycles. The first-order chi connectivity index (χ1) is 18.1. The maximum absolute atomic E-state index is 10.6. The van der Waals surface area contributed by atoms with Gasteiger partial charge in [-0.05, 0) is 37.5 Å². The van der Waals surface area contributed by atoms with Crippen molar-refractivity contribution < 1.29 is 5.11 Å². The molecule has 0 aromatic heterocycles. The fraction of sp³-hybridized carbons (Fsp3) is 0.972. The van der Waals surface area contributed by atoms with Crippen LogP contribution in [0.3, 0.4) is 0 Å². The molecule has 0 aliphatic carbocycles. The van der Waals surface area contributed by atoms with E-state index in [0.717, 1.165) is 12.8 Å². The van der Waals surface area contributed by atoms with Crippen molar-refractivity contribution >= 4 is 0 Å². The van der Waals surface area contributed by atoms with Crippen LogP contribution in [0.25, 0.3) is 0 Å². The number of aliphatic hydroxyl groups is 1. The van der Waals surface area contributed by atoms with Gasteiger partial charge in [0.05, 0.1) is 6.10 Å². The zero-order valence-corrected chi connectivity index (χ0v) is 26.6. The number of hydrogen-bond donors (Lipinski definition) is 1. The lowest BCUT2D eigenvalue weighted by molar-refractivity contribution is 0.126. The average Bonchev–Trinajstić information content (AvgIpc) is 2.89. The smallest absolute Gasteiger partial charge is 0.0542 e. The highest BCUT2D eigenvalue weighted by atomic mass is 16.3. The molecule has 0 spiro atoms. The van der Waals surface area contributed by atoms with Crippen LogP contribution in [0.1, 0.15) is 214 Å². The van der Waals surface area contributed by atoms with Crippen molar-refractivity contribution in [1.82, 2.24) is 0 Å². The normalized spacial score (nSPS) is 13.5. The summed E-state index contributed by atoms with van der Waals surface area (Å²) in [4.78, 5) is 0. The molecule has 0 aromatic rings. The van der Waals surface area contributed by atoms with Gasteiger partial charge in [0.2, 0.25) is 0 Å². The van der Waals surface area contributed by atoms with Crippen molar-refractivity contribution in [3.8, 4) is 0 Å². The Balaban J connectivity index is 3.54. The minimum absolute atomic E-state index is 0.0764. The van der Waals surface area contributed by atoms with E-state index in [1.165, 1.54) is 173 Å². The third-order valence-corrected chi connectivity index (χ3v) is 8.67. The zero-order chi connectivity index (χ0) is 27.2. The van der Waals surface area contributed by atoms with Gasteiger partial charge < -0.3 is 5.11 Å². The number of aliphatic hydroxyl groups excluding tert-OH is 1. The molecule has 1 N–H and O–H groups in total. The Labute approximate surface area is 236 Å². The molecule has 0 aliphatic rings. The molecule has 0 amide bonds. The number of rotatable bonds is 31. The second-order valence-electron chi connectivity index (χ2n) is 12.6. The average molecular weight is 522 g/mol. The van der Waals surface area contributed by atoms with Crippen LogP contribution in [0, 0.1) is 11.8 Å². The van der Waals surface area contributed by atoms with E-state index >= 15 is 0 Å². The molecule has 37 heavy (non-hydrogen) atoms. The summed E-state index contributed by atoms with van der Waals surface area (Å²) in [5.41, 5.74) is 0. The molecule has 0 saturated heterocycles. The zero-order valence-electron chi connectivity index (χ0n) is 26.6. The van der Waals surface area contributed by atoms with Gasteiger partial charge in [-0.15, -0.1) is 0 Å². The van der Waals surface area contributed by atoms with Gasteiger partial charge in [0.25, 0.3) is 0 Å². The van der Waals surface area contributed by atoms with E-state index in [2.05, 4.69) is 27.7 Å². The fourth-order valence-corrected chi connectivity index (χ4v) is 5.98. The van der Waals surface area contributed by atoms with E-state index < -0.39 is 0 Å². The van der Waals surface area contributed by atoms with E-state index in [9.17, 15) is 5.11 Å². The van der Waals surface area contributed by atoms with Crippen LogP contribution in [-0.4, -0.2) is 11.2 Å². The lowest BCUT2D eigenvalue weighted by Crippen LogP contribution is -2.15. The van der Waals surface area contributed by atoms with Gasteiger partial charge in [-0.1, -0.05) is 188 Å². The van der Waals surface area contributed by atoms with Crippen LogP contribution < -0.4 is 0 Å². The van der Waals surface area contributed by atoms with Crippen LogP contribution in [0.2, 0.25) is 0 Å². The van der Waals surface area contributed by atoms with Gasteiger partial charge in [-0.3, -0.25) is 0 Å². The molecular weight excluding hydrogens is 448 g/mol. The monoisotopic (exact) mass is 522 g/mol. The van der Waals surface area contributed by atoms with Gasteiger partial charge in [-0.25, -0.2) is 0 Å². The number of unbranched alkanes of at least 4 members (excludes halogenated alkanes) is 22. The molecule has 2 unspecified atom stereocenters. The SMILES string of the molecule is CCCCCCCCCCCCCC[C](C)CC(CC)CC(O)CCCCCCCCCCCCCC. The van der Waals surface area contributed by atoms with Crippen molar-refractivity contribution in [1.29, 1.82) is 0 Å². The summed E-state index contributed by atoms with van der Waals surface area (Å²) in [6.07, 6.45) is 39.6. The Hall–Kier alpha value is -0.0400. The van der Waals surface area contributed by atoms with Crippen molar-refractivity contribution in [3.63, 3.8) is 0 Å². The van der Waals surface area contributed by atoms with Gasteiger partial charge in [0, 0.05) is 0 Å². The van der Waals surface area contributed by atoms with Crippen LogP contribution in [0.4, 0.5) is 0 Å². The van der Waals surface area contributed by atoms with Crippen molar-refractivity contribution in [3.05, 3.63) is 5.92 Å². The van der Waals surface area contributed by atoms with E-state index in [-0.39, 0.29) is 6.10 Å². The number of hydrogen-bond acceptors (Lipinski definition) is 1. The molecule has 0 aliphatic heterocycles. The molecule has 0 bridgehead atoms. The highest BCUT2D eigenvalue weighted by molar-refractivity contribution is 4.87. The summed E-state index contributed by atoms with van der Waals surface area (Å²) < 4.78 is 0. The summed E-state index contributed by atoms with van der Waals surface area (Å²) in [5.74, 6) is 2.36. The van der Waals surface area contributed by atoms with E-state index in [4.69, 9.17) is 0 Å². The molecule has 223 valence electrons. The maximum atomic E-state index is 10.6. The van der Waals surface area contributed by atoms with Crippen LogP contribution in [-0.2, 0) is 0 Å². The molecule has 2 atom stereocenters. The van der Waals surface area contributed by atoms with Crippen LogP contribution in [0.15, 0.2) is 0 Å². The second-order valence-corrected chi connectivity index (χ2v) is 12.6. The van der Waals surface area contributed by atoms with E-state index in [0.29, 0.717) is 5.92 Å². The standard InChI is InChI=1S/C36H73O/c1-5-8-10-12-14-16-18-20-22-24-26-28-30-34(4)32-35(7-3)33-36(37)31-29-27-25-23-21-19-17-15-13-11-9-6-2/h35-37H,5-33H2,1-4H3.